The number of carbonyl (C=O) groups excluding carboxylic acids is 1. The minimum absolute atomic E-state index is 0.151. The molecule has 1 heterocycles. The molecule has 2 fully saturated rings. The average Bonchev–Trinajstić information content (AvgIpc) is 3.09. The number of aliphatic carboxylic acids is 1. The first-order valence-electron chi connectivity index (χ1n) is 20.1. The maximum Gasteiger partial charge on any atom is 0.326 e. The maximum atomic E-state index is 12.7. The number of hydrogen-bond acceptors (Lipinski definition) is 6. The fraction of sp³-hybridized carbons (Fsp3) is 0.711. The molecule has 0 aromatic carbocycles. The van der Waals surface area contributed by atoms with E-state index in [1.807, 2.05) is 20.8 Å². The number of piperidine rings is 1. The van der Waals surface area contributed by atoms with Gasteiger partial charge >= 0.3 is 5.97 Å². The Balaban J connectivity index is 0.00000434. The largest absolute Gasteiger partial charge is 0.480 e. The minimum atomic E-state index is -0.973. The first kappa shape index (κ1) is 47.1. The van der Waals surface area contributed by atoms with E-state index in [1.54, 1.807) is 11.0 Å². The van der Waals surface area contributed by atoms with Gasteiger partial charge in [-0.15, -0.1) is 6.58 Å². The van der Waals surface area contributed by atoms with E-state index in [9.17, 15) is 30.2 Å². The molecule has 0 aromatic rings. The predicted molar refractivity (Wildman–Crippen MR) is 215 cm³/mol. The van der Waals surface area contributed by atoms with Crippen LogP contribution in [0.5, 0.6) is 0 Å². The van der Waals surface area contributed by atoms with Crippen LogP contribution in [-0.4, -0.2) is 56.8 Å². The molecular weight excluding hydrogens is 649 g/mol. The molecule has 1 saturated carbocycles. The molecule has 0 amide bonds. The third-order valence-electron chi connectivity index (χ3n) is 11.4. The Labute approximate surface area is 317 Å². The highest BCUT2D eigenvalue weighted by Gasteiger charge is 2.40. The molecular formula is C45H74N2O5. The number of Topliss-reactive ketones (excluding diaryl/α,β-unsaturated/α-hetero) is 1. The van der Waals surface area contributed by atoms with Crippen molar-refractivity contribution in [2.75, 3.05) is 6.54 Å². The lowest BCUT2D eigenvalue weighted by Crippen LogP contribution is -2.45. The monoisotopic (exact) mass is 723 g/mol. The molecule has 1 aliphatic carbocycles. The van der Waals surface area contributed by atoms with Crippen LogP contribution in [0.4, 0.5) is 0 Å². The van der Waals surface area contributed by atoms with Crippen molar-refractivity contribution >= 4 is 11.8 Å². The number of rotatable bonds is 21. The zero-order valence-electron chi connectivity index (χ0n) is 34.0. The number of hydrogen-bond donors (Lipinski definition) is 3. The first-order valence-corrected chi connectivity index (χ1v) is 20.1. The van der Waals surface area contributed by atoms with Crippen LogP contribution < -0.4 is 0 Å². The van der Waals surface area contributed by atoms with Crippen molar-refractivity contribution in [3.8, 4) is 6.07 Å². The summed E-state index contributed by atoms with van der Waals surface area (Å²) < 4.78 is 0. The lowest BCUT2D eigenvalue weighted by atomic mass is 9.70. The standard InChI is InChI=1S/C42H68N2O5.C3H6/c1-29(23-30(2)20-21-39(47)25-32(4)19-18-31(3)24-36-14-12-16-38(46)27-36)13-11-15-37(45)26-33(5)42(8,28-43)34(6)35(7)44-22-10-9-17-40(44)41(48)49;1-3-2/h20,24,29,32-33,36-38,40,45-46H,6-7,9-19,21-23,25-27H2,1-5,8H3,(H,48,49);3H,1H2,2H3/b30-20+,31-24+;. The summed E-state index contributed by atoms with van der Waals surface area (Å²) in [5.41, 5.74) is 2.69. The Morgan fingerprint density at radius 1 is 1.00 bits per heavy atom. The number of aliphatic hydroxyl groups is 2. The molecule has 2 rings (SSSR count). The fourth-order valence-corrected chi connectivity index (χ4v) is 7.83. The Morgan fingerprint density at radius 3 is 2.27 bits per heavy atom. The van der Waals surface area contributed by atoms with Crippen molar-refractivity contribution < 1.29 is 24.9 Å². The van der Waals surface area contributed by atoms with Crippen LogP contribution in [0.25, 0.3) is 0 Å². The Hall–Kier alpha value is -2.95. The van der Waals surface area contributed by atoms with Gasteiger partial charge in [-0.3, -0.25) is 4.79 Å². The molecule has 294 valence electrons. The first-order chi connectivity index (χ1) is 24.5. The van der Waals surface area contributed by atoms with Crippen molar-refractivity contribution in [2.45, 2.75) is 169 Å². The quantitative estimate of drug-likeness (QED) is 0.0796. The van der Waals surface area contributed by atoms with Crippen LogP contribution >= 0.6 is 0 Å². The van der Waals surface area contributed by atoms with Crippen LogP contribution in [0.15, 0.2) is 60.4 Å². The molecule has 8 atom stereocenters. The summed E-state index contributed by atoms with van der Waals surface area (Å²) in [6.45, 7) is 26.7. The number of ketones is 1. The normalized spacial score (nSPS) is 23.1. The van der Waals surface area contributed by atoms with Crippen molar-refractivity contribution in [3.63, 3.8) is 0 Å². The van der Waals surface area contributed by atoms with Crippen LogP contribution in [0.1, 0.15) is 151 Å². The molecule has 1 aliphatic heterocycles. The molecule has 7 heteroatoms. The Morgan fingerprint density at radius 2 is 1.65 bits per heavy atom. The van der Waals surface area contributed by atoms with Crippen molar-refractivity contribution in [2.24, 2.45) is 29.1 Å². The number of carboxylic acids is 1. The minimum Gasteiger partial charge on any atom is -0.480 e. The number of likely N-dealkylation sites (tertiary alicyclic amines) is 1. The van der Waals surface area contributed by atoms with Gasteiger partial charge in [0.1, 0.15) is 11.8 Å². The molecule has 1 saturated heterocycles. The van der Waals surface area contributed by atoms with Gasteiger partial charge in [-0.25, -0.2) is 4.79 Å². The third-order valence-corrected chi connectivity index (χ3v) is 11.4. The van der Waals surface area contributed by atoms with E-state index in [0.29, 0.717) is 73.5 Å². The molecule has 8 unspecified atom stereocenters. The zero-order chi connectivity index (χ0) is 39.4. The lowest BCUT2D eigenvalue weighted by Gasteiger charge is -2.41. The van der Waals surface area contributed by atoms with Crippen molar-refractivity contribution in [1.29, 1.82) is 5.26 Å². The Bertz CT molecular complexity index is 1260. The maximum absolute atomic E-state index is 12.7. The summed E-state index contributed by atoms with van der Waals surface area (Å²) in [6.07, 6.45) is 18.9. The molecule has 0 aromatic heterocycles. The van der Waals surface area contributed by atoms with E-state index in [0.717, 1.165) is 64.2 Å². The molecule has 0 radical (unpaired) electrons. The van der Waals surface area contributed by atoms with E-state index in [2.05, 4.69) is 65.7 Å². The van der Waals surface area contributed by atoms with Gasteiger partial charge in [0.25, 0.3) is 0 Å². The van der Waals surface area contributed by atoms with Gasteiger partial charge in [0.05, 0.1) is 23.7 Å². The smallest absolute Gasteiger partial charge is 0.326 e. The number of aliphatic hydroxyl groups excluding tert-OH is 2. The van der Waals surface area contributed by atoms with Gasteiger partial charge in [0.2, 0.25) is 0 Å². The topological polar surface area (TPSA) is 122 Å². The van der Waals surface area contributed by atoms with Crippen LogP contribution in [-0.2, 0) is 9.59 Å². The number of nitrogens with zero attached hydrogens (tertiary/aromatic N) is 2. The van der Waals surface area contributed by atoms with E-state index in [4.69, 9.17) is 0 Å². The summed E-state index contributed by atoms with van der Waals surface area (Å²) in [7, 11) is 0. The second-order valence-electron chi connectivity index (χ2n) is 16.5. The summed E-state index contributed by atoms with van der Waals surface area (Å²) >= 11 is 0. The summed E-state index contributed by atoms with van der Waals surface area (Å²) in [5.74, 6) is 0.518. The zero-order valence-corrected chi connectivity index (χ0v) is 34.0. The van der Waals surface area contributed by atoms with E-state index >= 15 is 0 Å². The van der Waals surface area contributed by atoms with Gasteiger partial charge in [-0.1, -0.05) is 82.6 Å². The highest BCUT2D eigenvalue weighted by atomic mass is 16.4. The van der Waals surface area contributed by atoms with Crippen molar-refractivity contribution in [3.05, 3.63) is 60.4 Å². The fourth-order valence-electron chi connectivity index (χ4n) is 7.83. The molecule has 3 N–H and O–H groups in total. The number of carbonyl (C=O) groups is 2. The number of nitriles is 1. The molecule has 2 aliphatic rings. The predicted octanol–water partition coefficient (Wildman–Crippen LogP) is 10.5. The van der Waals surface area contributed by atoms with E-state index < -0.39 is 23.5 Å². The number of carboxylic acid groups (broad SMARTS) is 1. The van der Waals surface area contributed by atoms with E-state index in [1.165, 1.54) is 17.6 Å². The van der Waals surface area contributed by atoms with Gasteiger partial charge in [0, 0.05) is 25.1 Å². The highest BCUT2D eigenvalue weighted by molar-refractivity contribution is 5.80. The second kappa shape index (κ2) is 24.4. The van der Waals surface area contributed by atoms with Crippen LogP contribution in [0.3, 0.4) is 0 Å². The van der Waals surface area contributed by atoms with Crippen LogP contribution in [0.2, 0.25) is 0 Å². The Kier molecular flexibility index (Phi) is 22.1. The molecule has 7 nitrogen and oxygen atoms in total. The van der Waals surface area contributed by atoms with Gasteiger partial charge < -0.3 is 20.2 Å². The van der Waals surface area contributed by atoms with Gasteiger partial charge in [0.15, 0.2) is 0 Å². The summed E-state index contributed by atoms with van der Waals surface area (Å²) in [5, 5.41) is 40.8. The SMILES string of the molecule is C=C(C(=C)C(C)(C#N)C(C)CC(O)CCCC(C)C/C(C)=C/CC(=O)CC(C)CC/C(C)=C/C1CCCC(O)C1)N1CCCCC1C(=O)O.C=CC. The van der Waals surface area contributed by atoms with Crippen LogP contribution in [0, 0.1) is 40.4 Å². The van der Waals surface area contributed by atoms with Crippen molar-refractivity contribution in [1.82, 2.24) is 4.90 Å². The molecule has 0 bridgehead atoms. The third kappa shape index (κ3) is 16.8. The lowest BCUT2D eigenvalue weighted by molar-refractivity contribution is -0.143. The van der Waals surface area contributed by atoms with E-state index in [-0.39, 0.29) is 12.0 Å². The molecule has 0 spiro atoms. The summed E-state index contributed by atoms with van der Waals surface area (Å²) in [4.78, 5) is 26.3. The van der Waals surface area contributed by atoms with Gasteiger partial charge in [-0.2, -0.15) is 5.26 Å². The van der Waals surface area contributed by atoms with Gasteiger partial charge in [-0.05, 0) is 128 Å². The highest BCUT2D eigenvalue weighted by Crippen LogP contribution is 2.42. The average molecular weight is 723 g/mol. The number of allylic oxidation sites excluding steroid dienone is 6. The summed E-state index contributed by atoms with van der Waals surface area (Å²) in [6, 6.07) is 1.76. The second-order valence-corrected chi connectivity index (χ2v) is 16.5. The molecule has 52 heavy (non-hydrogen) atoms.